The summed E-state index contributed by atoms with van der Waals surface area (Å²) in [5, 5.41) is 11.4. The third kappa shape index (κ3) is 6.37. The second-order valence-corrected chi connectivity index (χ2v) is 8.06. The van der Waals surface area contributed by atoms with E-state index >= 15 is 0 Å². The number of rotatable bonds is 8. The van der Waals surface area contributed by atoms with Crippen molar-refractivity contribution in [1.29, 1.82) is 0 Å². The van der Waals surface area contributed by atoms with Gasteiger partial charge in [0.05, 0.1) is 17.7 Å². The number of para-hydroxylation sites is 1. The van der Waals surface area contributed by atoms with Crippen LogP contribution >= 0.6 is 0 Å². The van der Waals surface area contributed by atoms with Crippen LogP contribution in [-0.2, 0) is 38.3 Å². The number of ketones is 1. The fourth-order valence-electron chi connectivity index (χ4n) is 3.85. The highest BCUT2D eigenvalue weighted by Crippen LogP contribution is 2.32. The first-order chi connectivity index (χ1) is 17.0. The van der Waals surface area contributed by atoms with Gasteiger partial charge in [-0.15, -0.1) is 0 Å². The lowest BCUT2D eigenvalue weighted by Crippen LogP contribution is -2.55. The van der Waals surface area contributed by atoms with E-state index in [1.54, 1.807) is 24.3 Å². The number of carboxylic acid groups (broad SMARTS) is 1. The molecule has 2 atom stereocenters. The first kappa shape index (κ1) is 26.6. The number of ether oxygens (including phenoxy) is 1. The van der Waals surface area contributed by atoms with Crippen molar-refractivity contribution >= 4 is 29.4 Å². The number of alkyl halides is 4. The number of carbonyl (C=O) groups excluding carboxylic acids is 3. The molecule has 0 saturated carbocycles. The van der Waals surface area contributed by atoms with E-state index in [-0.39, 0.29) is 12.0 Å². The predicted molar refractivity (Wildman–Crippen MR) is 118 cm³/mol. The molecule has 1 aliphatic heterocycles. The number of fused-ring (bicyclic) bond motifs is 1. The van der Waals surface area contributed by atoms with Gasteiger partial charge in [-0.1, -0.05) is 30.3 Å². The van der Waals surface area contributed by atoms with E-state index < -0.39 is 67.3 Å². The third-order valence-corrected chi connectivity index (χ3v) is 5.59. The van der Waals surface area contributed by atoms with Gasteiger partial charge in [0.15, 0.2) is 5.78 Å². The van der Waals surface area contributed by atoms with Crippen LogP contribution in [0.4, 0.5) is 28.0 Å². The molecule has 3 rings (SSSR count). The third-order valence-electron chi connectivity index (χ3n) is 5.59. The van der Waals surface area contributed by atoms with E-state index in [9.17, 15) is 36.7 Å². The van der Waals surface area contributed by atoms with Crippen molar-refractivity contribution in [3.63, 3.8) is 0 Å². The molecular weight excluding hydrogens is 488 g/mol. The number of benzene rings is 2. The summed E-state index contributed by atoms with van der Waals surface area (Å²) in [6, 6.07) is 10.9. The van der Waals surface area contributed by atoms with E-state index in [1.807, 2.05) is 0 Å². The number of aliphatic carboxylic acids is 1. The molecule has 2 amide bonds. The van der Waals surface area contributed by atoms with Crippen molar-refractivity contribution in [2.45, 2.75) is 38.2 Å². The molecule has 2 aromatic carbocycles. The van der Waals surface area contributed by atoms with Gasteiger partial charge < -0.3 is 15.2 Å². The van der Waals surface area contributed by atoms with Gasteiger partial charge in [-0.3, -0.25) is 19.3 Å². The second-order valence-electron chi connectivity index (χ2n) is 8.06. The highest BCUT2D eigenvalue weighted by molar-refractivity contribution is 6.04. The molecule has 0 spiro atoms. The normalized spacial score (nSPS) is 16.0. The molecule has 8 nitrogen and oxygen atoms in total. The van der Waals surface area contributed by atoms with Crippen molar-refractivity contribution in [3.05, 3.63) is 65.2 Å². The van der Waals surface area contributed by atoms with Crippen LogP contribution in [0.3, 0.4) is 0 Å². The van der Waals surface area contributed by atoms with Gasteiger partial charge in [0.1, 0.15) is 25.4 Å². The second kappa shape index (κ2) is 11.2. The Balaban J connectivity index is 1.82. The number of nitrogens with one attached hydrogen (secondary N) is 1. The molecule has 0 fully saturated rings. The number of carbonyl (C=O) groups is 4. The molecule has 0 aromatic heterocycles. The fourth-order valence-corrected chi connectivity index (χ4v) is 3.85. The summed E-state index contributed by atoms with van der Waals surface area (Å²) < 4.78 is 57.1. The smallest absolute Gasteiger partial charge is 0.416 e. The molecule has 2 unspecified atom stereocenters. The molecule has 36 heavy (non-hydrogen) atoms. The molecule has 192 valence electrons. The van der Waals surface area contributed by atoms with Crippen LogP contribution in [-0.4, -0.2) is 41.7 Å². The lowest BCUT2D eigenvalue weighted by Gasteiger charge is -2.37. The minimum absolute atomic E-state index is 0.0825. The molecule has 12 heteroatoms. The number of hydrogen-bond acceptors (Lipinski definition) is 5. The molecule has 2 N–H and O–H groups in total. The van der Waals surface area contributed by atoms with Crippen molar-refractivity contribution in [2.75, 3.05) is 11.6 Å². The first-order valence-corrected chi connectivity index (χ1v) is 10.8. The minimum Gasteiger partial charge on any atom is -0.481 e. The van der Waals surface area contributed by atoms with E-state index in [2.05, 4.69) is 5.32 Å². The van der Waals surface area contributed by atoms with Crippen LogP contribution in [0.15, 0.2) is 48.5 Å². The lowest BCUT2D eigenvalue weighted by molar-refractivity contribution is -0.145. The monoisotopic (exact) mass is 510 g/mol. The number of nitrogens with zero attached hydrogens (tertiary/aromatic N) is 1. The number of halogens is 4. The number of Topliss-reactive ketones (excluding diaryl/α,β-unsaturated/α-hetero) is 1. The Bertz CT molecular complexity index is 1150. The number of carboxylic acids is 1. The molecule has 2 aromatic rings. The molecule has 1 aliphatic rings. The molecule has 0 saturated heterocycles. The van der Waals surface area contributed by atoms with Crippen LogP contribution in [0.2, 0.25) is 0 Å². The number of anilines is 1. The maximum Gasteiger partial charge on any atom is 0.416 e. The Morgan fingerprint density at radius 3 is 2.50 bits per heavy atom. The fraction of sp³-hybridized carbons (Fsp3) is 0.333. The summed E-state index contributed by atoms with van der Waals surface area (Å²) in [5.74, 6) is -5.57. The van der Waals surface area contributed by atoms with Crippen LogP contribution in [0.1, 0.15) is 29.5 Å². The maximum atomic E-state index is 13.1. The predicted octanol–water partition coefficient (Wildman–Crippen LogP) is 3.87. The molecule has 0 radical (unpaired) electrons. The van der Waals surface area contributed by atoms with E-state index in [1.165, 1.54) is 12.1 Å². The van der Waals surface area contributed by atoms with Gasteiger partial charge in [-0.05, 0) is 42.2 Å². The Morgan fingerprint density at radius 1 is 1.11 bits per heavy atom. The van der Waals surface area contributed by atoms with Crippen molar-refractivity contribution in [1.82, 2.24) is 5.32 Å². The molecule has 0 aliphatic carbocycles. The number of amides is 2. The van der Waals surface area contributed by atoms with Gasteiger partial charge in [-0.25, -0.2) is 9.18 Å². The van der Waals surface area contributed by atoms with Crippen LogP contribution < -0.4 is 10.2 Å². The Morgan fingerprint density at radius 2 is 1.83 bits per heavy atom. The maximum absolute atomic E-state index is 13.1. The van der Waals surface area contributed by atoms with E-state index in [4.69, 9.17) is 9.84 Å². The van der Waals surface area contributed by atoms with Gasteiger partial charge >= 0.3 is 18.2 Å². The first-order valence-electron chi connectivity index (χ1n) is 10.8. The Hall–Kier alpha value is -3.96. The summed E-state index contributed by atoms with van der Waals surface area (Å²) in [7, 11) is 0. The zero-order chi connectivity index (χ0) is 26.5. The topological polar surface area (TPSA) is 113 Å². The lowest BCUT2D eigenvalue weighted by atomic mass is 9.97. The Kier molecular flexibility index (Phi) is 8.28. The van der Waals surface area contributed by atoms with Crippen LogP contribution in [0.5, 0.6) is 0 Å². The van der Waals surface area contributed by atoms with Gasteiger partial charge in [-0.2, -0.15) is 13.2 Å². The summed E-state index contributed by atoms with van der Waals surface area (Å²) in [5.41, 5.74) is 0.251. The largest absolute Gasteiger partial charge is 0.481 e. The van der Waals surface area contributed by atoms with Crippen LogP contribution in [0.25, 0.3) is 0 Å². The van der Waals surface area contributed by atoms with Crippen molar-refractivity contribution in [2.24, 2.45) is 5.92 Å². The minimum atomic E-state index is -4.58. The Labute approximate surface area is 202 Å². The van der Waals surface area contributed by atoms with Crippen LogP contribution in [0, 0.1) is 5.92 Å². The van der Waals surface area contributed by atoms with Gasteiger partial charge in [0.25, 0.3) is 0 Å². The summed E-state index contributed by atoms with van der Waals surface area (Å²) in [4.78, 5) is 49.7. The number of hydrogen-bond donors (Lipinski definition) is 2. The zero-order valence-electron chi connectivity index (χ0n) is 18.8. The summed E-state index contributed by atoms with van der Waals surface area (Å²) in [6.45, 7) is -2.04. The summed E-state index contributed by atoms with van der Waals surface area (Å²) in [6.07, 6.45) is -7.02. The molecular formula is C24H22F4N2O6. The van der Waals surface area contributed by atoms with Crippen molar-refractivity contribution < 1.29 is 46.6 Å². The molecule has 0 bridgehead atoms. The summed E-state index contributed by atoms with van der Waals surface area (Å²) >= 11 is 0. The quantitative estimate of drug-likeness (QED) is 0.412. The number of aryl methyl sites for hydroxylation is 1. The zero-order valence-corrected chi connectivity index (χ0v) is 18.8. The van der Waals surface area contributed by atoms with E-state index in [0.29, 0.717) is 12.1 Å². The highest BCUT2D eigenvalue weighted by atomic mass is 19.4. The van der Waals surface area contributed by atoms with E-state index in [0.717, 1.165) is 22.6 Å². The standard InChI is InChI=1S/C24H22F4N2O6/c25-12-19(31)17(11-21(32)33)22(34)29-20-9-8-15-5-1-2-7-18(15)30(20)23(35)36-13-14-4-3-6-16(10-14)24(26,27)28/h1-7,10,17,20H,8-9,11-13H2,(H,29,34)(H,32,33). The molecule has 1 heterocycles. The van der Waals surface area contributed by atoms with Gasteiger partial charge in [0, 0.05) is 0 Å². The van der Waals surface area contributed by atoms with Gasteiger partial charge in [0.2, 0.25) is 5.91 Å². The average molecular weight is 510 g/mol. The SMILES string of the molecule is O=C(O)CC(C(=O)CF)C(=O)NC1CCc2ccccc2N1C(=O)OCc1cccc(C(F)(F)F)c1. The van der Waals surface area contributed by atoms with Crippen molar-refractivity contribution in [3.8, 4) is 0 Å². The highest BCUT2D eigenvalue weighted by Gasteiger charge is 2.37. The average Bonchev–Trinajstić information content (AvgIpc) is 2.84.